The summed E-state index contributed by atoms with van der Waals surface area (Å²) in [5.74, 6) is 3.33. The van der Waals surface area contributed by atoms with Gasteiger partial charge in [-0.3, -0.25) is 4.99 Å². The Hall–Kier alpha value is -1.99. The molecule has 120 valence electrons. The molecular weight excluding hydrogens is 272 g/mol. The van der Waals surface area contributed by atoms with Gasteiger partial charge in [0.2, 0.25) is 0 Å². The van der Waals surface area contributed by atoms with Crippen LogP contribution in [0.25, 0.3) is 0 Å². The molecule has 0 fully saturated rings. The minimum Gasteiger partial charge on any atom is -0.357 e. The van der Waals surface area contributed by atoms with E-state index in [0.29, 0.717) is 13.1 Å². The summed E-state index contributed by atoms with van der Waals surface area (Å²) >= 11 is 0. The van der Waals surface area contributed by atoms with Crippen LogP contribution in [0.2, 0.25) is 0 Å². The lowest BCUT2D eigenvalue weighted by molar-refractivity contribution is 0.306. The minimum atomic E-state index is 0.243. The summed E-state index contributed by atoms with van der Waals surface area (Å²) in [6, 6.07) is 9.02. The summed E-state index contributed by atoms with van der Waals surface area (Å²) in [5.41, 5.74) is 2.63. The molecule has 0 radical (unpaired) electrons. The van der Waals surface area contributed by atoms with Gasteiger partial charge in [0, 0.05) is 6.54 Å². The summed E-state index contributed by atoms with van der Waals surface area (Å²) in [6.45, 7) is 6.18. The number of guanidine groups is 1. The van der Waals surface area contributed by atoms with Gasteiger partial charge in [-0.2, -0.15) is 0 Å². The van der Waals surface area contributed by atoms with E-state index in [4.69, 9.17) is 6.42 Å². The Kier molecular flexibility index (Phi) is 8.09. The second-order valence-corrected chi connectivity index (χ2v) is 5.35. The van der Waals surface area contributed by atoms with Crippen LogP contribution in [0.4, 0.5) is 0 Å². The SMILES string of the molecule is C#CCNC(=NCC(c1ccc(CC)cc1)N(C)C)NCC. The molecule has 2 N–H and O–H groups in total. The summed E-state index contributed by atoms with van der Waals surface area (Å²) in [4.78, 5) is 6.84. The van der Waals surface area contributed by atoms with E-state index in [1.54, 1.807) is 0 Å². The van der Waals surface area contributed by atoms with Crippen molar-refractivity contribution in [2.45, 2.75) is 26.3 Å². The number of hydrogen-bond donors (Lipinski definition) is 2. The molecule has 4 nitrogen and oxygen atoms in total. The van der Waals surface area contributed by atoms with Crippen molar-refractivity contribution in [2.75, 3.05) is 33.7 Å². The fraction of sp³-hybridized carbons (Fsp3) is 0.500. The van der Waals surface area contributed by atoms with Crippen molar-refractivity contribution in [3.05, 3.63) is 35.4 Å². The van der Waals surface area contributed by atoms with E-state index in [1.165, 1.54) is 11.1 Å². The Morgan fingerprint density at radius 3 is 2.41 bits per heavy atom. The quantitative estimate of drug-likeness (QED) is 0.460. The lowest BCUT2D eigenvalue weighted by Crippen LogP contribution is -2.38. The smallest absolute Gasteiger partial charge is 0.192 e. The molecule has 0 saturated heterocycles. The maximum Gasteiger partial charge on any atom is 0.192 e. The van der Waals surface area contributed by atoms with Crippen molar-refractivity contribution >= 4 is 5.96 Å². The number of terminal acetylenes is 1. The Morgan fingerprint density at radius 2 is 1.91 bits per heavy atom. The summed E-state index contributed by atoms with van der Waals surface area (Å²) in [5, 5.41) is 6.32. The van der Waals surface area contributed by atoms with Gasteiger partial charge in [-0.05, 0) is 38.6 Å². The highest BCUT2D eigenvalue weighted by Gasteiger charge is 2.13. The van der Waals surface area contributed by atoms with Crippen LogP contribution in [-0.2, 0) is 6.42 Å². The van der Waals surface area contributed by atoms with E-state index in [2.05, 4.69) is 71.7 Å². The number of nitrogens with one attached hydrogen (secondary N) is 2. The predicted molar refractivity (Wildman–Crippen MR) is 95.1 cm³/mol. The first-order valence-electron chi connectivity index (χ1n) is 7.83. The highest BCUT2D eigenvalue weighted by Crippen LogP contribution is 2.19. The molecular formula is C18H28N4. The number of aliphatic imine (C=N–C) groups is 1. The number of likely N-dealkylation sites (N-methyl/N-ethyl adjacent to an activating group) is 1. The van der Waals surface area contributed by atoms with Crippen LogP contribution < -0.4 is 10.6 Å². The van der Waals surface area contributed by atoms with Crippen LogP contribution in [0.1, 0.15) is 31.0 Å². The summed E-state index contributed by atoms with van der Waals surface area (Å²) < 4.78 is 0. The van der Waals surface area contributed by atoms with E-state index in [9.17, 15) is 0 Å². The molecule has 0 saturated carbocycles. The minimum absolute atomic E-state index is 0.243. The first-order valence-corrected chi connectivity index (χ1v) is 7.83. The largest absolute Gasteiger partial charge is 0.357 e. The molecule has 1 atom stereocenters. The molecule has 0 amide bonds. The Bertz CT molecular complexity index is 497. The third-order valence-electron chi connectivity index (χ3n) is 3.52. The van der Waals surface area contributed by atoms with Gasteiger partial charge in [-0.1, -0.05) is 37.1 Å². The van der Waals surface area contributed by atoms with Gasteiger partial charge >= 0.3 is 0 Å². The Morgan fingerprint density at radius 1 is 1.23 bits per heavy atom. The predicted octanol–water partition coefficient (Wildman–Crippen LogP) is 2.04. The van der Waals surface area contributed by atoms with Crippen LogP contribution in [0, 0.1) is 12.3 Å². The molecule has 4 heteroatoms. The fourth-order valence-electron chi connectivity index (χ4n) is 2.20. The van der Waals surface area contributed by atoms with Crippen molar-refractivity contribution in [3.8, 4) is 12.3 Å². The second-order valence-electron chi connectivity index (χ2n) is 5.35. The molecule has 1 aromatic carbocycles. The average molecular weight is 300 g/mol. The molecule has 0 aromatic heterocycles. The van der Waals surface area contributed by atoms with Crippen molar-refractivity contribution in [3.63, 3.8) is 0 Å². The standard InChI is InChI=1S/C18H28N4/c1-6-13-20-18(19-8-3)21-14-17(22(4)5)16-11-9-15(7-2)10-12-16/h1,9-12,17H,7-8,13-14H2,2-5H3,(H2,19,20,21). The molecule has 0 heterocycles. The zero-order valence-corrected chi connectivity index (χ0v) is 14.2. The molecule has 1 aromatic rings. The molecule has 0 aliphatic rings. The van der Waals surface area contributed by atoms with Gasteiger partial charge in [0.15, 0.2) is 5.96 Å². The maximum atomic E-state index is 5.29. The van der Waals surface area contributed by atoms with Crippen LogP contribution in [0.5, 0.6) is 0 Å². The Balaban J connectivity index is 2.83. The molecule has 0 aliphatic carbocycles. The maximum absolute atomic E-state index is 5.29. The lowest BCUT2D eigenvalue weighted by atomic mass is 10.0. The van der Waals surface area contributed by atoms with Gasteiger partial charge in [0.1, 0.15) is 0 Å². The van der Waals surface area contributed by atoms with Crippen LogP contribution in [0.15, 0.2) is 29.3 Å². The molecule has 0 bridgehead atoms. The van der Waals surface area contributed by atoms with E-state index in [1.807, 2.05) is 6.92 Å². The third-order valence-corrected chi connectivity index (χ3v) is 3.52. The molecule has 22 heavy (non-hydrogen) atoms. The first kappa shape index (κ1) is 18.1. The molecule has 1 unspecified atom stereocenters. The van der Waals surface area contributed by atoms with Crippen LogP contribution >= 0.6 is 0 Å². The number of rotatable bonds is 7. The summed E-state index contributed by atoms with van der Waals surface area (Å²) in [6.07, 6.45) is 6.35. The summed E-state index contributed by atoms with van der Waals surface area (Å²) in [7, 11) is 4.16. The van der Waals surface area contributed by atoms with Crippen molar-refractivity contribution in [1.82, 2.24) is 15.5 Å². The van der Waals surface area contributed by atoms with Gasteiger partial charge < -0.3 is 15.5 Å². The average Bonchev–Trinajstić information content (AvgIpc) is 2.53. The highest BCUT2D eigenvalue weighted by molar-refractivity contribution is 5.80. The first-order chi connectivity index (χ1) is 10.6. The molecule has 0 spiro atoms. The van der Waals surface area contributed by atoms with Crippen LogP contribution in [0.3, 0.4) is 0 Å². The second kappa shape index (κ2) is 9.86. The van der Waals surface area contributed by atoms with Gasteiger partial charge in [-0.25, -0.2) is 0 Å². The fourth-order valence-corrected chi connectivity index (χ4v) is 2.20. The van der Waals surface area contributed by atoms with E-state index >= 15 is 0 Å². The van der Waals surface area contributed by atoms with Gasteiger partial charge in [0.25, 0.3) is 0 Å². The van der Waals surface area contributed by atoms with Gasteiger partial charge in [-0.15, -0.1) is 6.42 Å². The number of benzene rings is 1. The molecule has 1 rings (SSSR count). The lowest BCUT2D eigenvalue weighted by Gasteiger charge is -2.24. The van der Waals surface area contributed by atoms with Crippen molar-refractivity contribution in [2.24, 2.45) is 4.99 Å². The Labute approximate surface area is 135 Å². The highest BCUT2D eigenvalue weighted by atomic mass is 15.2. The normalized spacial score (nSPS) is 12.8. The van der Waals surface area contributed by atoms with Gasteiger partial charge in [0.05, 0.1) is 19.1 Å². The number of aryl methyl sites for hydroxylation is 1. The monoisotopic (exact) mass is 300 g/mol. The zero-order valence-electron chi connectivity index (χ0n) is 14.2. The van der Waals surface area contributed by atoms with Crippen LogP contribution in [-0.4, -0.2) is 44.6 Å². The van der Waals surface area contributed by atoms with E-state index < -0.39 is 0 Å². The molecule has 0 aliphatic heterocycles. The van der Waals surface area contributed by atoms with E-state index in [0.717, 1.165) is 18.9 Å². The topological polar surface area (TPSA) is 39.7 Å². The van der Waals surface area contributed by atoms with E-state index in [-0.39, 0.29) is 6.04 Å². The third kappa shape index (κ3) is 5.79. The zero-order chi connectivity index (χ0) is 16.4. The van der Waals surface area contributed by atoms with Crippen molar-refractivity contribution < 1.29 is 0 Å². The number of hydrogen-bond acceptors (Lipinski definition) is 2. The van der Waals surface area contributed by atoms with Crippen molar-refractivity contribution in [1.29, 1.82) is 0 Å². The number of nitrogens with zero attached hydrogens (tertiary/aromatic N) is 2.